The monoisotopic (exact) mass is 333 g/mol. The fraction of sp³-hybridized carbons (Fsp3) is 0.188. The number of anilines is 1. The van der Waals surface area contributed by atoms with Crippen molar-refractivity contribution in [1.29, 1.82) is 0 Å². The fourth-order valence-electron chi connectivity index (χ4n) is 2.29. The van der Waals surface area contributed by atoms with Gasteiger partial charge in [0.2, 0.25) is 0 Å². The molecule has 3 rings (SSSR count). The third-order valence-electron chi connectivity index (χ3n) is 3.56. The molecule has 0 bridgehead atoms. The lowest BCUT2D eigenvalue weighted by atomic mass is 10.2. The van der Waals surface area contributed by atoms with Crippen molar-refractivity contribution in [3.8, 4) is 0 Å². The van der Waals surface area contributed by atoms with Crippen LogP contribution in [0, 0.1) is 12.7 Å². The van der Waals surface area contributed by atoms with Crippen LogP contribution in [0.15, 0.2) is 41.3 Å². The lowest BCUT2D eigenvalue weighted by Crippen LogP contribution is -2.13. The first-order chi connectivity index (χ1) is 10.9. The van der Waals surface area contributed by atoms with Gasteiger partial charge in [0.15, 0.2) is 0 Å². The lowest BCUT2D eigenvalue weighted by Gasteiger charge is -2.09. The Bertz CT molecular complexity index is 980. The minimum absolute atomic E-state index is 0.0235. The highest BCUT2D eigenvalue weighted by molar-refractivity contribution is 7.92. The first-order valence-electron chi connectivity index (χ1n) is 7.16. The van der Waals surface area contributed by atoms with Crippen LogP contribution in [0.1, 0.15) is 18.3 Å². The summed E-state index contributed by atoms with van der Waals surface area (Å²) >= 11 is 0. The number of hydrogen-bond donors (Lipinski definition) is 2. The number of hydrogen-bond acceptors (Lipinski definition) is 3. The number of aromatic amines is 1. The summed E-state index contributed by atoms with van der Waals surface area (Å²) in [5.41, 5.74) is 2.25. The highest BCUT2D eigenvalue weighted by Crippen LogP contribution is 2.22. The number of aryl methyl sites for hydroxylation is 2. The second kappa shape index (κ2) is 5.66. The molecule has 0 amide bonds. The van der Waals surface area contributed by atoms with E-state index in [0.29, 0.717) is 5.69 Å². The van der Waals surface area contributed by atoms with Gasteiger partial charge in [0.25, 0.3) is 10.0 Å². The van der Waals surface area contributed by atoms with Crippen molar-refractivity contribution in [3.05, 3.63) is 53.6 Å². The topological polar surface area (TPSA) is 74.8 Å². The number of H-pyrrole nitrogens is 1. The maximum absolute atomic E-state index is 13.3. The zero-order valence-corrected chi connectivity index (χ0v) is 13.5. The lowest BCUT2D eigenvalue weighted by molar-refractivity contribution is 0.598. The number of aromatic nitrogens is 2. The summed E-state index contributed by atoms with van der Waals surface area (Å²) < 4.78 is 40.6. The van der Waals surface area contributed by atoms with E-state index in [-0.39, 0.29) is 10.5 Å². The molecule has 0 aliphatic rings. The van der Waals surface area contributed by atoms with Crippen molar-refractivity contribution in [2.45, 2.75) is 25.2 Å². The van der Waals surface area contributed by atoms with Gasteiger partial charge in [-0.05, 0) is 48.9 Å². The minimum Gasteiger partial charge on any atom is -0.342 e. The number of sulfonamides is 1. The zero-order valence-electron chi connectivity index (χ0n) is 12.7. The number of nitrogens with one attached hydrogen (secondary N) is 2. The van der Waals surface area contributed by atoms with Crippen molar-refractivity contribution >= 4 is 26.7 Å². The molecule has 0 spiro atoms. The van der Waals surface area contributed by atoms with E-state index in [4.69, 9.17) is 0 Å². The van der Waals surface area contributed by atoms with Crippen LogP contribution in [0.5, 0.6) is 0 Å². The Hall–Kier alpha value is -2.41. The molecule has 0 radical (unpaired) electrons. The summed E-state index contributed by atoms with van der Waals surface area (Å²) in [4.78, 5) is 7.53. The maximum Gasteiger partial charge on any atom is 0.261 e. The van der Waals surface area contributed by atoms with E-state index in [9.17, 15) is 12.8 Å². The first kappa shape index (κ1) is 15.5. The molecule has 23 heavy (non-hydrogen) atoms. The summed E-state index contributed by atoms with van der Waals surface area (Å²) in [5, 5.41) is 0. The number of rotatable bonds is 4. The summed E-state index contributed by atoms with van der Waals surface area (Å²) in [6.45, 7) is 3.51. The van der Waals surface area contributed by atoms with Gasteiger partial charge in [-0.1, -0.05) is 6.92 Å². The average molecular weight is 333 g/mol. The molecule has 2 aromatic carbocycles. The Kier molecular flexibility index (Phi) is 3.81. The number of benzene rings is 2. The highest BCUT2D eigenvalue weighted by Gasteiger charge is 2.16. The van der Waals surface area contributed by atoms with Gasteiger partial charge in [-0.15, -0.1) is 0 Å². The molecule has 0 aliphatic carbocycles. The molecule has 1 heterocycles. The normalized spacial score (nSPS) is 11.8. The Morgan fingerprint density at radius 2 is 2.00 bits per heavy atom. The van der Waals surface area contributed by atoms with Gasteiger partial charge in [-0.25, -0.2) is 17.8 Å². The van der Waals surface area contributed by atoms with Crippen LogP contribution in [0.3, 0.4) is 0 Å². The minimum atomic E-state index is -3.77. The van der Waals surface area contributed by atoms with Crippen LogP contribution < -0.4 is 4.72 Å². The average Bonchev–Trinajstić information content (AvgIpc) is 2.91. The Morgan fingerprint density at radius 1 is 1.22 bits per heavy atom. The van der Waals surface area contributed by atoms with Crippen LogP contribution >= 0.6 is 0 Å². The fourth-order valence-corrected chi connectivity index (χ4v) is 3.43. The standard InChI is InChI=1S/C16H16FN3O2S/c1-3-16-18-14-7-4-11(9-15(14)19-16)20-23(21,22)12-5-6-13(17)10(2)8-12/h4-9,20H,3H2,1-2H3,(H,18,19). The van der Waals surface area contributed by atoms with Crippen LogP contribution in [0.4, 0.5) is 10.1 Å². The third kappa shape index (κ3) is 3.05. The molecular weight excluding hydrogens is 317 g/mol. The van der Waals surface area contributed by atoms with E-state index in [2.05, 4.69) is 14.7 Å². The zero-order chi connectivity index (χ0) is 16.6. The molecule has 0 fully saturated rings. The molecule has 7 heteroatoms. The van der Waals surface area contributed by atoms with Gasteiger partial charge in [-0.2, -0.15) is 0 Å². The number of halogens is 1. The van der Waals surface area contributed by atoms with Gasteiger partial charge >= 0.3 is 0 Å². The predicted molar refractivity (Wildman–Crippen MR) is 87.4 cm³/mol. The van der Waals surface area contributed by atoms with E-state index >= 15 is 0 Å². The van der Waals surface area contributed by atoms with Crippen LogP contribution in [-0.2, 0) is 16.4 Å². The Labute approximate surface area is 133 Å². The van der Waals surface area contributed by atoms with E-state index in [1.165, 1.54) is 19.1 Å². The molecule has 3 aromatic rings. The van der Waals surface area contributed by atoms with Crippen LogP contribution in [-0.4, -0.2) is 18.4 Å². The van der Waals surface area contributed by atoms with Crippen LogP contribution in [0.2, 0.25) is 0 Å². The number of nitrogens with zero attached hydrogens (tertiary/aromatic N) is 1. The summed E-state index contributed by atoms with van der Waals surface area (Å²) in [6, 6.07) is 8.79. The van der Waals surface area contributed by atoms with Gasteiger partial charge < -0.3 is 4.98 Å². The summed E-state index contributed by atoms with van der Waals surface area (Å²) in [6.07, 6.45) is 0.768. The van der Waals surface area contributed by atoms with Gasteiger partial charge in [0.1, 0.15) is 11.6 Å². The predicted octanol–water partition coefficient (Wildman–Crippen LogP) is 3.37. The molecule has 0 unspecified atom stereocenters. The molecular formula is C16H16FN3O2S. The van der Waals surface area contributed by atoms with E-state index in [1.807, 2.05) is 6.92 Å². The highest BCUT2D eigenvalue weighted by atomic mass is 32.2. The molecule has 2 N–H and O–H groups in total. The van der Waals surface area contributed by atoms with Crippen molar-refractivity contribution < 1.29 is 12.8 Å². The SMILES string of the molecule is CCc1nc2ccc(NS(=O)(=O)c3ccc(F)c(C)c3)cc2[nH]1. The molecule has 0 saturated carbocycles. The maximum atomic E-state index is 13.3. The quantitative estimate of drug-likeness (QED) is 0.768. The molecule has 120 valence electrons. The van der Waals surface area contributed by atoms with Gasteiger partial charge in [0, 0.05) is 6.42 Å². The van der Waals surface area contributed by atoms with Crippen molar-refractivity contribution in [2.24, 2.45) is 0 Å². The third-order valence-corrected chi connectivity index (χ3v) is 4.94. The Morgan fingerprint density at radius 3 is 2.70 bits per heavy atom. The van der Waals surface area contributed by atoms with E-state index < -0.39 is 15.8 Å². The van der Waals surface area contributed by atoms with Gasteiger partial charge in [0.05, 0.1) is 21.6 Å². The molecule has 5 nitrogen and oxygen atoms in total. The second-order valence-electron chi connectivity index (χ2n) is 5.29. The largest absolute Gasteiger partial charge is 0.342 e. The molecule has 0 aliphatic heterocycles. The number of imidazole rings is 1. The van der Waals surface area contributed by atoms with Crippen LogP contribution in [0.25, 0.3) is 11.0 Å². The second-order valence-corrected chi connectivity index (χ2v) is 6.97. The van der Waals surface area contributed by atoms with Crippen molar-refractivity contribution in [2.75, 3.05) is 4.72 Å². The van der Waals surface area contributed by atoms with E-state index in [1.54, 1.807) is 18.2 Å². The van der Waals surface area contributed by atoms with Crippen molar-refractivity contribution in [1.82, 2.24) is 9.97 Å². The number of fused-ring (bicyclic) bond motifs is 1. The summed E-state index contributed by atoms with van der Waals surface area (Å²) in [7, 11) is -3.77. The molecule has 0 atom stereocenters. The first-order valence-corrected chi connectivity index (χ1v) is 8.65. The Balaban J connectivity index is 1.94. The van der Waals surface area contributed by atoms with E-state index in [0.717, 1.165) is 29.3 Å². The molecule has 1 aromatic heterocycles. The molecule has 0 saturated heterocycles. The van der Waals surface area contributed by atoms with Crippen molar-refractivity contribution in [3.63, 3.8) is 0 Å². The smallest absolute Gasteiger partial charge is 0.261 e. The van der Waals surface area contributed by atoms with Gasteiger partial charge in [-0.3, -0.25) is 4.72 Å². The summed E-state index contributed by atoms with van der Waals surface area (Å²) in [5.74, 6) is 0.407.